The Bertz CT molecular complexity index is 2280. The lowest BCUT2D eigenvalue weighted by Gasteiger charge is -2.67. The van der Waals surface area contributed by atoms with Gasteiger partial charge in [-0.3, -0.25) is 19.2 Å². The third-order valence-electron chi connectivity index (χ3n) is 13.5. The first-order valence-electron chi connectivity index (χ1n) is 20.5. The van der Waals surface area contributed by atoms with E-state index in [2.05, 4.69) is 5.32 Å². The molecule has 1 aliphatic heterocycles. The Morgan fingerprint density at radius 1 is 0.823 bits per heavy atom. The summed E-state index contributed by atoms with van der Waals surface area (Å²) in [4.78, 5) is 83.5. The molecule has 4 N–H and O–H groups in total. The maximum absolute atomic E-state index is 15.5. The van der Waals surface area contributed by atoms with Crippen LogP contribution in [0.3, 0.4) is 0 Å². The SMILES string of the molecule is CC(=O)O[C@@H]1C(=O)[C@@]2(C)[C@H](O)C[C@@H]3OC[C@]3(OC(C)=O)[C@@H]2[C@@H](OC(=O)c2ccccc2)[C@@]2(O)C[C@@H](OC(=O)[C@@H](O)[C@H](NC(=O)c3ccccc3)c3ccccc3)C(C)=C1C2(C)C. The van der Waals surface area contributed by atoms with Gasteiger partial charge in [0.2, 0.25) is 0 Å². The number of aliphatic hydroxyl groups excluding tert-OH is 2. The van der Waals surface area contributed by atoms with Gasteiger partial charge < -0.3 is 44.3 Å². The normalized spacial score (nSPS) is 31.9. The number of Topliss-reactive ketones (excluding diaryl/α,β-unsaturated/α-hetero) is 1. The van der Waals surface area contributed by atoms with Crippen LogP contribution < -0.4 is 5.32 Å². The molecule has 3 aliphatic carbocycles. The Balaban J connectivity index is 1.39. The summed E-state index contributed by atoms with van der Waals surface area (Å²) >= 11 is 0. The highest BCUT2D eigenvalue weighted by Crippen LogP contribution is 2.64. The van der Waals surface area contributed by atoms with Gasteiger partial charge in [-0.25, -0.2) is 9.59 Å². The van der Waals surface area contributed by atoms with Crippen LogP contribution in [0.15, 0.2) is 102 Å². The Labute approximate surface area is 358 Å². The second kappa shape index (κ2) is 16.5. The van der Waals surface area contributed by atoms with Crippen molar-refractivity contribution in [2.24, 2.45) is 16.7 Å². The first-order chi connectivity index (χ1) is 29.3. The van der Waals surface area contributed by atoms with Crippen molar-refractivity contribution < 1.29 is 67.8 Å². The molecule has 328 valence electrons. The molecule has 15 heteroatoms. The zero-order valence-corrected chi connectivity index (χ0v) is 35.2. The molecule has 3 aromatic rings. The minimum absolute atomic E-state index is 0.00289. The number of ether oxygens (including phenoxy) is 5. The number of hydrogen-bond acceptors (Lipinski definition) is 14. The highest BCUT2D eigenvalue weighted by atomic mass is 16.6. The molecular weight excluding hydrogens is 803 g/mol. The lowest BCUT2D eigenvalue weighted by atomic mass is 9.44. The largest absolute Gasteiger partial charge is 0.456 e. The number of carbonyl (C=O) groups is 6. The summed E-state index contributed by atoms with van der Waals surface area (Å²) in [6.07, 6.45) is -10.5. The molecule has 15 nitrogen and oxygen atoms in total. The molecule has 0 aromatic heterocycles. The van der Waals surface area contributed by atoms with E-state index in [1.165, 1.54) is 26.0 Å². The minimum atomic E-state index is -2.39. The van der Waals surface area contributed by atoms with Crippen molar-refractivity contribution >= 4 is 35.6 Å². The zero-order chi connectivity index (χ0) is 44.9. The molecule has 2 bridgehead atoms. The summed E-state index contributed by atoms with van der Waals surface area (Å²) in [6.45, 7) is 7.97. The van der Waals surface area contributed by atoms with E-state index >= 15 is 4.79 Å². The highest BCUT2D eigenvalue weighted by molar-refractivity contribution is 5.96. The monoisotopic (exact) mass is 853 g/mol. The molecule has 3 fully saturated rings. The summed E-state index contributed by atoms with van der Waals surface area (Å²) < 4.78 is 30.3. The van der Waals surface area contributed by atoms with Crippen LogP contribution in [-0.4, -0.2) is 105 Å². The van der Waals surface area contributed by atoms with Crippen molar-refractivity contribution in [3.8, 4) is 0 Å². The number of hydrogen-bond donors (Lipinski definition) is 4. The van der Waals surface area contributed by atoms with E-state index in [0.717, 1.165) is 13.8 Å². The quantitative estimate of drug-likeness (QED) is 0.130. The van der Waals surface area contributed by atoms with Gasteiger partial charge in [-0.05, 0) is 54.8 Å². The van der Waals surface area contributed by atoms with Crippen molar-refractivity contribution in [3.05, 3.63) is 119 Å². The standard InChI is InChI=1S/C47H51NO14/c1-25-31(60-43(56)36(52)35(28-16-10-7-11-17-28)48-41(54)29-18-12-8-13-19-29)23-47(57)40(61-42(55)30-20-14-9-15-21-30)38-45(6,32(51)22-33-46(38,24-58-33)62-27(3)50)39(53)37(59-26(2)49)34(25)44(47,4)5/h7-21,31-33,35-38,40,51-52,57H,22-24H2,1-6H3,(H,48,54)/t31-,32-,33+,35-,36+,37+,38-,40-,45+,46-,47+/m1/s1. The Morgan fingerprint density at radius 2 is 1.40 bits per heavy atom. The molecule has 2 saturated carbocycles. The number of amides is 1. The van der Waals surface area contributed by atoms with E-state index in [1.54, 1.807) is 92.7 Å². The third-order valence-corrected chi connectivity index (χ3v) is 13.5. The van der Waals surface area contributed by atoms with Gasteiger partial charge >= 0.3 is 23.9 Å². The van der Waals surface area contributed by atoms with Crippen molar-refractivity contribution in [1.29, 1.82) is 0 Å². The van der Waals surface area contributed by atoms with Gasteiger partial charge in [0.25, 0.3) is 5.91 Å². The van der Waals surface area contributed by atoms with E-state index in [-0.39, 0.29) is 35.3 Å². The van der Waals surface area contributed by atoms with Crippen LogP contribution >= 0.6 is 0 Å². The number of esters is 4. The smallest absolute Gasteiger partial charge is 0.338 e. The van der Waals surface area contributed by atoms with Crippen LogP contribution in [0.5, 0.6) is 0 Å². The molecular formula is C47H51NO14. The zero-order valence-electron chi connectivity index (χ0n) is 35.2. The first-order valence-corrected chi connectivity index (χ1v) is 20.5. The fourth-order valence-electron chi connectivity index (χ4n) is 10.2. The highest BCUT2D eigenvalue weighted by Gasteiger charge is 2.78. The van der Waals surface area contributed by atoms with Gasteiger partial charge in [-0.15, -0.1) is 0 Å². The molecule has 0 radical (unpaired) electrons. The Hall–Kier alpha value is -5.74. The lowest BCUT2D eigenvalue weighted by molar-refractivity contribution is -0.346. The molecule has 7 rings (SSSR count). The molecule has 1 saturated heterocycles. The van der Waals surface area contributed by atoms with Crippen LogP contribution in [0.25, 0.3) is 0 Å². The van der Waals surface area contributed by atoms with Crippen molar-refractivity contribution in [2.75, 3.05) is 6.61 Å². The number of carbonyl (C=O) groups excluding carboxylic acids is 6. The van der Waals surface area contributed by atoms with Gasteiger partial charge in [0.15, 0.2) is 23.6 Å². The fourth-order valence-corrected chi connectivity index (χ4v) is 10.2. The van der Waals surface area contributed by atoms with Crippen molar-refractivity contribution in [3.63, 3.8) is 0 Å². The van der Waals surface area contributed by atoms with E-state index in [9.17, 15) is 39.3 Å². The summed E-state index contributed by atoms with van der Waals surface area (Å²) in [5.74, 6) is -6.84. The topological polar surface area (TPSA) is 221 Å². The average Bonchev–Trinajstić information content (AvgIpc) is 3.24. The molecule has 0 spiro atoms. The molecule has 4 aliphatic rings. The second-order valence-electron chi connectivity index (χ2n) is 17.4. The summed E-state index contributed by atoms with van der Waals surface area (Å²) in [7, 11) is 0. The van der Waals surface area contributed by atoms with Gasteiger partial charge in [-0.2, -0.15) is 0 Å². The van der Waals surface area contributed by atoms with Gasteiger partial charge in [0.05, 0.1) is 35.6 Å². The molecule has 0 unspecified atom stereocenters. The molecule has 1 heterocycles. The number of rotatable bonds is 10. The van der Waals surface area contributed by atoms with Crippen LogP contribution in [0.1, 0.15) is 86.7 Å². The third kappa shape index (κ3) is 7.29. The Kier molecular flexibility index (Phi) is 11.8. The van der Waals surface area contributed by atoms with E-state index in [0.29, 0.717) is 5.56 Å². The number of aliphatic hydroxyl groups is 3. The molecule has 3 aromatic carbocycles. The van der Waals surface area contributed by atoms with Crippen LogP contribution in [-0.2, 0) is 42.9 Å². The fraction of sp³-hybridized carbons (Fsp3) is 0.447. The predicted octanol–water partition coefficient (Wildman–Crippen LogP) is 3.74. The predicted molar refractivity (Wildman–Crippen MR) is 218 cm³/mol. The minimum Gasteiger partial charge on any atom is -0.456 e. The van der Waals surface area contributed by atoms with Gasteiger partial charge in [0, 0.05) is 37.7 Å². The second-order valence-corrected chi connectivity index (χ2v) is 17.4. The maximum atomic E-state index is 15.5. The number of nitrogens with one attached hydrogen (secondary N) is 1. The van der Waals surface area contributed by atoms with Crippen LogP contribution in [0.4, 0.5) is 0 Å². The van der Waals surface area contributed by atoms with Crippen LogP contribution in [0.2, 0.25) is 0 Å². The summed E-state index contributed by atoms with van der Waals surface area (Å²) in [6, 6.07) is 22.9. The first kappa shape index (κ1) is 44.3. The van der Waals surface area contributed by atoms with E-state index < -0.39 is 113 Å². The lowest BCUT2D eigenvalue weighted by Crippen LogP contribution is -2.82. The van der Waals surface area contributed by atoms with Gasteiger partial charge in [-0.1, -0.05) is 80.6 Å². The van der Waals surface area contributed by atoms with Crippen molar-refractivity contribution in [1.82, 2.24) is 5.32 Å². The maximum Gasteiger partial charge on any atom is 0.338 e. The van der Waals surface area contributed by atoms with Gasteiger partial charge in [0.1, 0.15) is 23.9 Å². The molecule has 11 atom stereocenters. The Morgan fingerprint density at radius 3 is 1.95 bits per heavy atom. The summed E-state index contributed by atoms with van der Waals surface area (Å²) in [5.41, 5.74) is -7.02. The van der Waals surface area contributed by atoms with E-state index in [4.69, 9.17) is 23.7 Å². The number of ketones is 1. The van der Waals surface area contributed by atoms with E-state index in [1.807, 2.05) is 0 Å². The molecule has 62 heavy (non-hydrogen) atoms. The van der Waals surface area contributed by atoms with Crippen molar-refractivity contribution in [2.45, 2.75) is 108 Å². The molecule has 1 amide bonds. The average molecular weight is 854 g/mol. The number of fused-ring (bicyclic) bond motifs is 5. The number of benzene rings is 3. The van der Waals surface area contributed by atoms with Crippen LogP contribution in [0, 0.1) is 16.7 Å². The summed E-state index contributed by atoms with van der Waals surface area (Å²) in [5, 5.41) is 40.2.